The van der Waals surface area contributed by atoms with Crippen molar-refractivity contribution >= 4 is 12.0 Å². The van der Waals surface area contributed by atoms with E-state index < -0.39 is 5.97 Å². The monoisotopic (exact) mass is 271 g/mol. The van der Waals surface area contributed by atoms with E-state index in [9.17, 15) is 9.59 Å². The molecule has 0 unspecified atom stereocenters. The molecule has 2 heterocycles. The molecule has 108 valence electrons. The lowest BCUT2D eigenvalue weighted by molar-refractivity contribution is -0.138. The highest BCUT2D eigenvalue weighted by Gasteiger charge is 2.24. The van der Waals surface area contributed by atoms with Gasteiger partial charge in [-0.15, -0.1) is 0 Å². The van der Waals surface area contributed by atoms with Gasteiger partial charge in [-0.25, -0.2) is 4.79 Å². The van der Waals surface area contributed by atoms with Gasteiger partial charge in [-0.2, -0.15) is 0 Å². The summed E-state index contributed by atoms with van der Waals surface area (Å²) in [7, 11) is 0. The molecule has 0 saturated carbocycles. The van der Waals surface area contributed by atoms with Crippen LogP contribution in [0, 0.1) is 0 Å². The van der Waals surface area contributed by atoms with E-state index in [0.29, 0.717) is 39.4 Å². The van der Waals surface area contributed by atoms with Crippen molar-refractivity contribution in [3.05, 3.63) is 0 Å². The Morgan fingerprint density at radius 3 is 2.37 bits per heavy atom. The average molecular weight is 271 g/mol. The highest BCUT2D eigenvalue weighted by Crippen LogP contribution is 2.08. The number of aliphatic carboxylic acids is 1. The number of carbonyl (C=O) groups excluding carboxylic acids is 1. The number of carbonyl (C=O) groups is 2. The molecule has 0 aromatic rings. The topological polar surface area (TPSA) is 82.1 Å². The van der Waals surface area contributed by atoms with Crippen LogP contribution in [-0.2, 0) is 9.53 Å². The Balaban J connectivity index is 1.71. The van der Waals surface area contributed by atoms with Crippen LogP contribution in [0.3, 0.4) is 0 Å². The Morgan fingerprint density at radius 2 is 1.79 bits per heavy atom. The average Bonchev–Trinajstić information content (AvgIpc) is 2.40. The van der Waals surface area contributed by atoms with Crippen molar-refractivity contribution in [2.24, 2.45) is 0 Å². The number of nitrogens with one attached hydrogen (secondary N) is 1. The number of piperazine rings is 1. The van der Waals surface area contributed by atoms with E-state index in [0.717, 1.165) is 12.8 Å². The molecule has 0 aromatic carbocycles. The van der Waals surface area contributed by atoms with E-state index in [2.05, 4.69) is 5.32 Å². The third kappa shape index (κ3) is 4.36. The summed E-state index contributed by atoms with van der Waals surface area (Å²) in [6.07, 6.45) is 1.73. The maximum atomic E-state index is 12.0. The highest BCUT2D eigenvalue weighted by molar-refractivity contribution is 5.74. The maximum Gasteiger partial charge on any atom is 0.317 e. The quantitative estimate of drug-likeness (QED) is 0.728. The molecule has 19 heavy (non-hydrogen) atoms. The molecule has 2 fully saturated rings. The molecule has 7 nitrogen and oxygen atoms in total. The van der Waals surface area contributed by atoms with Crippen LogP contribution in [0.25, 0.3) is 0 Å². The summed E-state index contributed by atoms with van der Waals surface area (Å²) in [5.41, 5.74) is 0. The van der Waals surface area contributed by atoms with Gasteiger partial charge in [-0.3, -0.25) is 9.69 Å². The first-order valence-electron chi connectivity index (χ1n) is 6.72. The Morgan fingerprint density at radius 1 is 1.16 bits per heavy atom. The van der Waals surface area contributed by atoms with Crippen molar-refractivity contribution in [3.63, 3.8) is 0 Å². The molecular weight excluding hydrogens is 250 g/mol. The number of ether oxygens (including phenoxy) is 1. The Bertz CT molecular complexity index is 323. The zero-order valence-electron chi connectivity index (χ0n) is 11.0. The summed E-state index contributed by atoms with van der Waals surface area (Å²) in [5.74, 6) is -0.819. The Labute approximate surface area is 112 Å². The number of carboxylic acid groups (broad SMARTS) is 1. The first-order chi connectivity index (χ1) is 9.15. The van der Waals surface area contributed by atoms with Gasteiger partial charge in [0.2, 0.25) is 0 Å². The molecule has 2 rings (SSSR count). The summed E-state index contributed by atoms with van der Waals surface area (Å²) in [4.78, 5) is 26.2. The van der Waals surface area contributed by atoms with Crippen LogP contribution >= 0.6 is 0 Å². The molecule has 0 atom stereocenters. The highest BCUT2D eigenvalue weighted by atomic mass is 16.5. The molecule has 0 aliphatic carbocycles. The number of carboxylic acids is 1. The van der Waals surface area contributed by atoms with Crippen LogP contribution in [0.5, 0.6) is 0 Å². The lowest BCUT2D eigenvalue weighted by Crippen LogP contribution is -2.54. The maximum absolute atomic E-state index is 12.0. The van der Waals surface area contributed by atoms with Crippen LogP contribution in [0.1, 0.15) is 12.8 Å². The first kappa shape index (κ1) is 14.1. The lowest BCUT2D eigenvalue weighted by Gasteiger charge is -2.35. The normalized spacial score (nSPS) is 22.2. The van der Waals surface area contributed by atoms with Gasteiger partial charge in [0.25, 0.3) is 0 Å². The fourth-order valence-corrected chi connectivity index (χ4v) is 2.41. The fourth-order valence-electron chi connectivity index (χ4n) is 2.41. The predicted molar refractivity (Wildman–Crippen MR) is 68.0 cm³/mol. The number of nitrogens with zero attached hydrogens (tertiary/aromatic N) is 2. The third-order valence-electron chi connectivity index (χ3n) is 3.57. The smallest absolute Gasteiger partial charge is 0.317 e. The molecule has 2 aliphatic heterocycles. The Kier molecular flexibility index (Phi) is 4.98. The van der Waals surface area contributed by atoms with Crippen molar-refractivity contribution in [1.82, 2.24) is 15.1 Å². The SMILES string of the molecule is O=C(O)CN1CCN(C(=O)NC2CCOCC2)CC1. The molecule has 7 heteroatoms. The minimum atomic E-state index is -0.819. The summed E-state index contributed by atoms with van der Waals surface area (Å²) in [6.45, 7) is 3.87. The van der Waals surface area contributed by atoms with E-state index in [1.807, 2.05) is 4.90 Å². The van der Waals surface area contributed by atoms with Gasteiger partial charge in [0, 0.05) is 45.4 Å². The largest absolute Gasteiger partial charge is 0.480 e. The number of amides is 2. The molecule has 2 N–H and O–H groups in total. The number of rotatable bonds is 3. The molecule has 0 aromatic heterocycles. The zero-order chi connectivity index (χ0) is 13.7. The minimum absolute atomic E-state index is 0.0399. The van der Waals surface area contributed by atoms with Crippen LogP contribution < -0.4 is 5.32 Å². The van der Waals surface area contributed by atoms with Crippen LogP contribution in [0.4, 0.5) is 4.79 Å². The molecule has 0 radical (unpaired) electrons. The van der Waals surface area contributed by atoms with Crippen molar-refractivity contribution in [1.29, 1.82) is 0 Å². The molecular formula is C12H21N3O4. The summed E-state index contributed by atoms with van der Waals surface area (Å²) in [5, 5.41) is 11.7. The number of hydrogen-bond donors (Lipinski definition) is 2. The summed E-state index contributed by atoms with van der Waals surface area (Å²) >= 11 is 0. The predicted octanol–water partition coefficient (Wildman–Crippen LogP) is -0.423. The minimum Gasteiger partial charge on any atom is -0.480 e. The van der Waals surface area contributed by atoms with Gasteiger partial charge in [0.1, 0.15) is 0 Å². The summed E-state index contributed by atoms with van der Waals surface area (Å²) in [6, 6.07) is 0.167. The van der Waals surface area contributed by atoms with E-state index >= 15 is 0 Å². The third-order valence-corrected chi connectivity index (χ3v) is 3.57. The summed E-state index contributed by atoms with van der Waals surface area (Å²) < 4.78 is 5.25. The van der Waals surface area contributed by atoms with Gasteiger partial charge < -0.3 is 20.1 Å². The van der Waals surface area contributed by atoms with Crippen molar-refractivity contribution in [2.45, 2.75) is 18.9 Å². The Hall–Kier alpha value is -1.34. The standard InChI is InChI=1S/C12H21N3O4/c16-11(17)9-14-3-5-15(6-4-14)12(18)13-10-1-7-19-8-2-10/h10H,1-9H2,(H,13,18)(H,16,17). The fraction of sp³-hybridized carbons (Fsp3) is 0.833. The zero-order valence-corrected chi connectivity index (χ0v) is 11.0. The molecule has 2 aliphatic rings. The van der Waals surface area contributed by atoms with Crippen molar-refractivity contribution in [3.8, 4) is 0 Å². The number of hydrogen-bond acceptors (Lipinski definition) is 4. The van der Waals surface area contributed by atoms with Crippen molar-refractivity contribution < 1.29 is 19.4 Å². The lowest BCUT2D eigenvalue weighted by atomic mass is 10.1. The van der Waals surface area contributed by atoms with Crippen molar-refractivity contribution in [2.75, 3.05) is 45.9 Å². The van der Waals surface area contributed by atoms with E-state index in [-0.39, 0.29) is 18.6 Å². The van der Waals surface area contributed by atoms with E-state index in [4.69, 9.17) is 9.84 Å². The number of urea groups is 1. The van der Waals surface area contributed by atoms with Gasteiger partial charge >= 0.3 is 12.0 Å². The van der Waals surface area contributed by atoms with Crippen LogP contribution in [0.2, 0.25) is 0 Å². The second kappa shape index (κ2) is 6.72. The van der Waals surface area contributed by atoms with Crippen LogP contribution in [-0.4, -0.2) is 78.9 Å². The van der Waals surface area contributed by atoms with Gasteiger partial charge in [0.05, 0.1) is 6.54 Å². The second-order valence-electron chi connectivity index (χ2n) is 4.99. The van der Waals surface area contributed by atoms with Gasteiger partial charge in [0.15, 0.2) is 0 Å². The van der Waals surface area contributed by atoms with Gasteiger partial charge in [-0.1, -0.05) is 0 Å². The molecule has 0 bridgehead atoms. The van der Waals surface area contributed by atoms with Gasteiger partial charge in [-0.05, 0) is 12.8 Å². The second-order valence-corrected chi connectivity index (χ2v) is 4.99. The van der Waals surface area contributed by atoms with E-state index in [1.54, 1.807) is 4.90 Å². The molecule has 0 spiro atoms. The van der Waals surface area contributed by atoms with Crippen LogP contribution in [0.15, 0.2) is 0 Å². The van der Waals surface area contributed by atoms with E-state index in [1.165, 1.54) is 0 Å². The molecule has 2 amide bonds. The first-order valence-corrected chi connectivity index (χ1v) is 6.72. The molecule has 2 saturated heterocycles.